The summed E-state index contributed by atoms with van der Waals surface area (Å²) in [4.78, 5) is 2.69. The lowest BCUT2D eigenvalue weighted by atomic mass is 9.73. The third-order valence-electron chi connectivity index (χ3n) is 4.41. The van der Waals surface area contributed by atoms with Crippen LogP contribution in [0.25, 0.3) is 0 Å². The molecule has 0 radical (unpaired) electrons. The van der Waals surface area contributed by atoms with Gasteiger partial charge in [-0.25, -0.2) is 0 Å². The Balaban J connectivity index is 1.86. The number of benzene rings is 1. The van der Waals surface area contributed by atoms with Crippen molar-refractivity contribution in [3.63, 3.8) is 0 Å². The van der Waals surface area contributed by atoms with Gasteiger partial charge in [-0.3, -0.25) is 4.90 Å². The summed E-state index contributed by atoms with van der Waals surface area (Å²) in [5.74, 6) is 0. The summed E-state index contributed by atoms with van der Waals surface area (Å²) >= 11 is 0. The highest BCUT2D eigenvalue weighted by molar-refractivity contribution is 5.22. The fourth-order valence-electron chi connectivity index (χ4n) is 3.39. The summed E-state index contributed by atoms with van der Waals surface area (Å²) in [6.07, 6.45) is 1.28. The van der Waals surface area contributed by atoms with Gasteiger partial charge in [-0.2, -0.15) is 0 Å². The quantitative estimate of drug-likeness (QED) is 0.753. The Morgan fingerprint density at radius 3 is 2.50 bits per heavy atom. The monoisotopic (exact) mass is 245 g/mol. The van der Waals surface area contributed by atoms with Crippen molar-refractivity contribution in [2.24, 2.45) is 5.41 Å². The predicted molar refractivity (Wildman–Crippen MR) is 73.5 cm³/mol. The Morgan fingerprint density at radius 1 is 1.11 bits per heavy atom. The number of nitrogens with zero attached hydrogens (tertiary/aromatic N) is 1. The van der Waals surface area contributed by atoms with Gasteiger partial charge in [-0.05, 0) is 17.4 Å². The maximum atomic E-state index is 5.79. The molecule has 1 aromatic carbocycles. The molecule has 2 aliphatic rings. The average Bonchev–Trinajstić information content (AvgIpc) is 2.29. The minimum Gasteiger partial charge on any atom is -0.378 e. The van der Waals surface area contributed by atoms with E-state index in [4.69, 9.17) is 4.74 Å². The fraction of sp³-hybridized carbons (Fsp3) is 0.625. The van der Waals surface area contributed by atoms with Crippen molar-refractivity contribution < 1.29 is 4.74 Å². The summed E-state index contributed by atoms with van der Waals surface area (Å²) in [5, 5.41) is 0. The minimum atomic E-state index is 0.362. The number of fused-ring (bicyclic) bond motifs is 1. The van der Waals surface area contributed by atoms with E-state index in [-0.39, 0.29) is 0 Å². The van der Waals surface area contributed by atoms with Crippen molar-refractivity contribution >= 4 is 0 Å². The van der Waals surface area contributed by atoms with E-state index < -0.39 is 0 Å². The molecule has 3 rings (SSSR count). The molecule has 2 nitrogen and oxygen atoms in total. The van der Waals surface area contributed by atoms with Gasteiger partial charge < -0.3 is 4.74 Å². The largest absolute Gasteiger partial charge is 0.378 e. The SMILES string of the molecule is CC(C)(C)[C@H]1CC2COC[C@@H](c3ccccc3)N21. The fourth-order valence-corrected chi connectivity index (χ4v) is 3.39. The van der Waals surface area contributed by atoms with Gasteiger partial charge in [-0.1, -0.05) is 51.1 Å². The highest BCUT2D eigenvalue weighted by Crippen LogP contribution is 2.45. The zero-order valence-corrected chi connectivity index (χ0v) is 11.6. The number of hydrogen-bond acceptors (Lipinski definition) is 2. The van der Waals surface area contributed by atoms with Gasteiger partial charge in [0.1, 0.15) is 0 Å². The second-order valence-corrected chi connectivity index (χ2v) is 6.68. The first-order valence-electron chi connectivity index (χ1n) is 6.97. The van der Waals surface area contributed by atoms with Gasteiger partial charge in [-0.15, -0.1) is 0 Å². The molecular formula is C16H23NO. The van der Waals surface area contributed by atoms with E-state index in [0.29, 0.717) is 23.5 Å². The van der Waals surface area contributed by atoms with Crippen LogP contribution in [-0.2, 0) is 4.74 Å². The molecule has 1 aromatic rings. The predicted octanol–water partition coefficient (Wildman–Crippen LogP) is 3.25. The molecular weight excluding hydrogens is 222 g/mol. The zero-order valence-electron chi connectivity index (χ0n) is 11.6. The van der Waals surface area contributed by atoms with Crippen LogP contribution in [0.3, 0.4) is 0 Å². The van der Waals surface area contributed by atoms with Crippen molar-refractivity contribution in [3.05, 3.63) is 35.9 Å². The van der Waals surface area contributed by atoms with Gasteiger partial charge in [0.05, 0.1) is 19.3 Å². The van der Waals surface area contributed by atoms with Crippen LogP contribution in [0.15, 0.2) is 30.3 Å². The van der Waals surface area contributed by atoms with E-state index in [1.54, 1.807) is 0 Å². The third kappa shape index (κ3) is 1.98. The Bertz CT molecular complexity index is 409. The minimum absolute atomic E-state index is 0.362. The molecule has 0 aliphatic carbocycles. The highest BCUT2D eigenvalue weighted by Gasteiger charge is 2.49. The molecule has 0 bridgehead atoms. The summed E-state index contributed by atoms with van der Waals surface area (Å²) in [5.41, 5.74) is 1.76. The Kier molecular flexibility index (Phi) is 2.95. The molecule has 2 fully saturated rings. The smallest absolute Gasteiger partial charge is 0.0664 e. The standard InChI is InChI=1S/C16H23NO/c1-16(2,3)15-9-13-10-18-11-14(17(13)15)12-7-5-4-6-8-12/h4-8,13-15H,9-11H2,1-3H3/t13?,14-,15+/m0/s1. The molecule has 1 unspecified atom stereocenters. The number of hydrogen-bond donors (Lipinski definition) is 0. The molecule has 2 heterocycles. The topological polar surface area (TPSA) is 12.5 Å². The molecule has 98 valence electrons. The highest BCUT2D eigenvalue weighted by atomic mass is 16.5. The molecule has 2 saturated heterocycles. The lowest BCUT2D eigenvalue weighted by Crippen LogP contribution is -2.66. The molecule has 3 atom stereocenters. The van der Waals surface area contributed by atoms with Crippen molar-refractivity contribution in [1.29, 1.82) is 0 Å². The Hall–Kier alpha value is -0.860. The van der Waals surface area contributed by atoms with Crippen LogP contribution in [0.2, 0.25) is 0 Å². The molecule has 0 spiro atoms. The van der Waals surface area contributed by atoms with E-state index in [1.165, 1.54) is 12.0 Å². The molecule has 18 heavy (non-hydrogen) atoms. The van der Waals surface area contributed by atoms with Gasteiger partial charge in [0.2, 0.25) is 0 Å². The van der Waals surface area contributed by atoms with Gasteiger partial charge >= 0.3 is 0 Å². The number of rotatable bonds is 1. The molecule has 2 aliphatic heterocycles. The van der Waals surface area contributed by atoms with E-state index in [9.17, 15) is 0 Å². The van der Waals surface area contributed by atoms with Crippen molar-refractivity contribution in [3.8, 4) is 0 Å². The molecule has 0 saturated carbocycles. The molecule has 0 N–H and O–H groups in total. The van der Waals surface area contributed by atoms with Crippen LogP contribution in [-0.4, -0.2) is 30.2 Å². The Morgan fingerprint density at radius 2 is 1.83 bits per heavy atom. The maximum absolute atomic E-state index is 5.79. The second kappa shape index (κ2) is 4.36. The Labute approximate surface area is 110 Å². The maximum Gasteiger partial charge on any atom is 0.0664 e. The molecule has 0 amide bonds. The summed E-state index contributed by atoms with van der Waals surface area (Å²) in [6, 6.07) is 12.6. The summed E-state index contributed by atoms with van der Waals surface area (Å²) in [6.45, 7) is 8.81. The third-order valence-corrected chi connectivity index (χ3v) is 4.41. The van der Waals surface area contributed by atoms with E-state index in [0.717, 1.165) is 13.2 Å². The van der Waals surface area contributed by atoms with Crippen LogP contribution in [0.1, 0.15) is 38.8 Å². The first-order valence-corrected chi connectivity index (χ1v) is 6.97. The normalized spacial score (nSPS) is 32.7. The molecule has 2 heteroatoms. The van der Waals surface area contributed by atoms with Crippen molar-refractivity contribution in [2.75, 3.05) is 13.2 Å². The van der Waals surface area contributed by atoms with E-state index in [2.05, 4.69) is 56.0 Å². The van der Waals surface area contributed by atoms with Crippen molar-refractivity contribution in [2.45, 2.75) is 45.3 Å². The lowest BCUT2D eigenvalue weighted by molar-refractivity contribution is -0.161. The van der Waals surface area contributed by atoms with Gasteiger partial charge in [0, 0.05) is 12.1 Å². The first-order chi connectivity index (χ1) is 8.57. The zero-order chi connectivity index (χ0) is 12.8. The number of morpholine rings is 1. The second-order valence-electron chi connectivity index (χ2n) is 6.68. The lowest BCUT2D eigenvalue weighted by Gasteiger charge is -2.59. The number of ether oxygens (including phenoxy) is 1. The summed E-state index contributed by atoms with van der Waals surface area (Å²) in [7, 11) is 0. The van der Waals surface area contributed by atoms with Crippen LogP contribution in [0.5, 0.6) is 0 Å². The van der Waals surface area contributed by atoms with E-state index in [1.807, 2.05) is 0 Å². The summed E-state index contributed by atoms with van der Waals surface area (Å²) < 4.78 is 5.79. The first kappa shape index (κ1) is 12.2. The van der Waals surface area contributed by atoms with Crippen LogP contribution < -0.4 is 0 Å². The van der Waals surface area contributed by atoms with Crippen LogP contribution in [0.4, 0.5) is 0 Å². The average molecular weight is 245 g/mol. The molecule has 0 aromatic heterocycles. The van der Waals surface area contributed by atoms with Gasteiger partial charge in [0.25, 0.3) is 0 Å². The van der Waals surface area contributed by atoms with Crippen molar-refractivity contribution in [1.82, 2.24) is 4.90 Å². The van der Waals surface area contributed by atoms with E-state index >= 15 is 0 Å². The van der Waals surface area contributed by atoms with Crippen LogP contribution in [0, 0.1) is 5.41 Å². The van der Waals surface area contributed by atoms with Gasteiger partial charge in [0.15, 0.2) is 0 Å². The van der Waals surface area contributed by atoms with Crippen LogP contribution >= 0.6 is 0 Å².